The molecule has 3 heterocycles. The number of benzene rings is 1. The molecule has 1 amide bonds. The van der Waals surface area contributed by atoms with E-state index >= 15 is 0 Å². The standard InChI is InChI=1S/C22H21FN6O2/c1-22(2,3)21-27-20(31-28-21)15-8-9-18(24-11-15)29-12-17(26-13-29)19(30)25-10-14-6-4-5-7-16(14)23/h4-9,11-13H,10H2,1-3H3,(H,25,30). The summed E-state index contributed by atoms with van der Waals surface area (Å²) in [5, 5.41) is 6.68. The summed E-state index contributed by atoms with van der Waals surface area (Å²) in [6.07, 6.45) is 4.67. The zero-order chi connectivity index (χ0) is 22.0. The Morgan fingerprint density at radius 3 is 2.65 bits per heavy atom. The number of aromatic nitrogens is 5. The average molecular weight is 420 g/mol. The first kappa shape index (κ1) is 20.4. The number of hydrogen-bond acceptors (Lipinski definition) is 6. The van der Waals surface area contributed by atoms with E-state index in [0.29, 0.717) is 28.7 Å². The molecule has 9 heteroatoms. The molecular formula is C22H21FN6O2. The van der Waals surface area contributed by atoms with E-state index in [2.05, 4.69) is 25.4 Å². The lowest BCUT2D eigenvalue weighted by Crippen LogP contribution is -2.23. The molecule has 8 nitrogen and oxygen atoms in total. The highest BCUT2D eigenvalue weighted by Gasteiger charge is 2.21. The summed E-state index contributed by atoms with van der Waals surface area (Å²) in [6.45, 7) is 6.09. The molecule has 0 saturated heterocycles. The molecule has 0 aliphatic heterocycles. The largest absolute Gasteiger partial charge is 0.346 e. The van der Waals surface area contributed by atoms with Gasteiger partial charge in [-0.2, -0.15) is 4.98 Å². The molecule has 0 bridgehead atoms. The van der Waals surface area contributed by atoms with E-state index in [1.54, 1.807) is 47.3 Å². The Bertz CT molecular complexity index is 1210. The molecule has 0 aliphatic rings. The minimum Gasteiger partial charge on any atom is -0.346 e. The van der Waals surface area contributed by atoms with Gasteiger partial charge in [0.1, 0.15) is 23.7 Å². The number of imidazole rings is 1. The SMILES string of the molecule is CC(C)(C)c1noc(-c2ccc(-n3cnc(C(=O)NCc4ccccc4F)c3)nc2)n1. The minimum absolute atomic E-state index is 0.0754. The van der Waals surface area contributed by atoms with Crippen LogP contribution < -0.4 is 5.32 Å². The third kappa shape index (κ3) is 4.50. The van der Waals surface area contributed by atoms with Crippen molar-refractivity contribution in [3.63, 3.8) is 0 Å². The Morgan fingerprint density at radius 2 is 1.97 bits per heavy atom. The third-order valence-electron chi connectivity index (χ3n) is 4.57. The first-order valence-electron chi connectivity index (χ1n) is 9.68. The Morgan fingerprint density at radius 1 is 1.16 bits per heavy atom. The molecule has 3 aromatic heterocycles. The van der Waals surface area contributed by atoms with Crippen molar-refractivity contribution >= 4 is 5.91 Å². The second-order valence-electron chi connectivity index (χ2n) is 8.02. The fourth-order valence-electron chi connectivity index (χ4n) is 2.78. The van der Waals surface area contributed by atoms with Crippen molar-refractivity contribution in [1.29, 1.82) is 0 Å². The number of halogens is 1. The molecule has 4 aromatic rings. The number of nitrogens with one attached hydrogen (secondary N) is 1. The van der Waals surface area contributed by atoms with Crippen LogP contribution in [0.5, 0.6) is 0 Å². The number of nitrogens with zero attached hydrogens (tertiary/aromatic N) is 5. The van der Waals surface area contributed by atoms with Gasteiger partial charge in [-0.05, 0) is 18.2 Å². The normalized spacial score (nSPS) is 11.5. The van der Waals surface area contributed by atoms with Crippen LogP contribution in [-0.4, -0.2) is 30.6 Å². The van der Waals surface area contributed by atoms with Crippen molar-refractivity contribution in [2.24, 2.45) is 0 Å². The van der Waals surface area contributed by atoms with Gasteiger partial charge < -0.3 is 9.84 Å². The summed E-state index contributed by atoms with van der Waals surface area (Å²) in [4.78, 5) is 25.3. The highest BCUT2D eigenvalue weighted by molar-refractivity contribution is 5.92. The Kier molecular flexibility index (Phi) is 5.33. The maximum Gasteiger partial charge on any atom is 0.271 e. The van der Waals surface area contributed by atoms with Crippen molar-refractivity contribution in [3.05, 3.63) is 78.0 Å². The topological polar surface area (TPSA) is 98.7 Å². The minimum atomic E-state index is -0.404. The van der Waals surface area contributed by atoms with E-state index in [-0.39, 0.29) is 23.5 Å². The monoisotopic (exact) mass is 420 g/mol. The third-order valence-corrected chi connectivity index (χ3v) is 4.57. The molecule has 1 N–H and O–H groups in total. The average Bonchev–Trinajstić information content (AvgIpc) is 3.43. The van der Waals surface area contributed by atoms with Crippen molar-refractivity contribution in [2.75, 3.05) is 0 Å². The van der Waals surface area contributed by atoms with Crippen molar-refractivity contribution in [2.45, 2.75) is 32.7 Å². The number of pyridine rings is 1. The zero-order valence-corrected chi connectivity index (χ0v) is 17.3. The highest BCUT2D eigenvalue weighted by Crippen LogP contribution is 2.23. The van der Waals surface area contributed by atoms with E-state index in [1.165, 1.54) is 12.4 Å². The maximum atomic E-state index is 13.7. The van der Waals surface area contributed by atoms with E-state index in [1.807, 2.05) is 20.8 Å². The van der Waals surface area contributed by atoms with Gasteiger partial charge in [-0.3, -0.25) is 9.36 Å². The summed E-state index contributed by atoms with van der Waals surface area (Å²) in [5.41, 5.74) is 1.08. The molecule has 0 aliphatic carbocycles. The van der Waals surface area contributed by atoms with Crippen molar-refractivity contribution in [3.8, 4) is 17.3 Å². The van der Waals surface area contributed by atoms with Gasteiger partial charge in [0.05, 0.1) is 5.56 Å². The molecule has 31 heavy (non-hydrogen) atoms. The fraction of sp³-hybridized carbons (Fsp3) is 0.227. The second kappa shape index (κ2) is 8.10. The molecule has 0 unspecified atom stereocenters. The summed E-state index contributed by atoms with van der Waals surface area (Å²) in [5.74, 6) is 0.808. The first-order valence-corrected chi connectivity index (χ1v) is 9.68. The molecule has 0 radical (unpaired) electrons. The van der Waals surface area contributed by atoms with E-state index in [0.717, 1.165) is 0 Å². The maximum absolute atomic E-state index is 13.7. The van der Waals surface area contributed by atoms with Gasteiger partial charge in [0.2, 0.25) is 0 Å². The van der Waals surface area contributed by atoms with Crippen LogP contribution in [0.25, 0.3) is 17.3 Å². The first-order chi connectivity index (χ1) is 14.8. The molecule has 0 saturated carbocycles. The second-order valence-corrected chi connectivity index (χ2v) is 8.02. The van der Waals surface area contributed by atoms with Crippen LogP contribution in [0.2, 0.25) is 0 Å². The van der Waals surface area contributed by atoms with Gasteiger partial charge in [0.15, 0.2) is 5.82 Å². The summed E-state index contributed by atoms with van der Waals surface area (Å²) >= 11 is 0. The number of amides is 1. The van der Waals surface area contributed by atoms with E-state index in [9.17, 15) is 9.18 Å². The van der Waals surface area contributed by atoms with Gasteiger partial charge in [-0.25, -0.2) is 14.4 Å². The van der Waals surface area contributed by atoms with Crippen LogP contribution in [-0.2, 0) is 12.0 Å². The molecule has 158 valence electrons. The summed E-state index contributed by atoms with van der Waals surface area (Å²) in [7, 11) is 0. The van der Waals surface area contributed by atoms with Gasteiger partial charge in [-0.15, -0.1) is 0 Å². The van der Waals surface area contributed by atoms with Crippen LogP contribution in [0.4, 0.5) is 4.39 Å². The van der Waals surface area contributed by atoms with E-state index in [4.69, 9.17) is 4.52 Å². The number of rotatable bonds is 5. The smallest absolute Gasteiger partial charge is 0.271 e. The quantitative estimate of drug-likeness (QED) is 0.529. The Hall–Kier alpha value is -3.88. The van der Waals surface area contributed by atoms with Crippen molar-refractivity contribution < 1.29 is 13.7 Å². The Balaban J connectivity index is 1.44. The van der Waals surface area contributed by atoms with Crippen molar-refractivity contribution in [1.82, 2.24) is 30.0 Å². The van der Waals surface area contributed by atoms with E-state index < -0.39 is 5.91 Å². The fourth-order valence-corrected chi connectivity index (χ4v) is 2.78. The highest BCUT2D eigenvalue weighted by atomic mass is 19.1. The molecule has 4 rings (SSSR count). The number of carbonyl (C=O) groups excluding carboxylic acids is 1. The molecule has 0 atom stereocenters. The lowest BCUT2D eigenvalue weighted by Gasteiger charge is -2.10. The van der Waals surface area contributed by atoms with Crippen LogP contribution in [0.1, 0.15) is 42.6 Å². The van der Waals surface area contributed by atoms with Crippen LogP contribution >= 0.6 is 0 Å². The number of hydrogen-bond donors (Lipinski definition) is 1. The molecule has 0 spiro atoms. The van der Waals surface area contributed by atoms with Crippen LogP contribution in [0.3, 0.4) is 0 Å². The zero-order valence-electron chi connectivity index (χ0n) is 17.3. The van der Waals surface area contributed by atoms with Crippen LogP contribution in [0.15, 0.2) is 59.6 Å². The van der Waals surface area contributed by atoms with Crippen LogP contribution in [0, 0.1) is 5.82 Å². The van der Waals surface area contributed by atoms with Gasteiger partial charge in [0, 0.05) is 29.9 Å². The number of carbonyl (C=O) groups is 1. The summed E-state index contributed by atoms with van der Waals surface area (Å²) < 4.78 is 20.6. The van der Waals surface area contributed by atoms with Gasteiger partial charge in [-0.1, -0.05) is 44.1 Å². The lowest BCUT2D eigenvalue weighted by molar-refractivity contribution is 0.0946. The predicted octanol–water partition coefficient (Wildman–Crippen LogP) is 3.68. The molecular weight excluding hydrogens is 399 g/mol. The predicted molar refractivity (Wildman–Crippen MR) is 111 cm³/mol. The molecule has 0 fully saturated rings. The Labute approximate surface area is 178 Å². The van der Waals surface area contributed by atoms with Gasteiger partial charge >= 0.3 is 0 Å². The lowest BCUT2D eigenvalue weighted by atomic mass is 9.96. The summed E-state index contributed by atoms with van der Waals surface area (Å²) in [6, 6.07) is 9.85. The molecule has 1 aromatic carbocycles. The van der Waals surface area contributed by atoms with Gasteiger partial charge in [0.25, 0.3) is 11.8 Å².